The third kappa shape index (κ3) is 2.68. The Balaban J connectivity index is 1.59. The number of nitrogens with zero attached hydrogens (tertiary/aromatic N) is 6. The van der Waals surface area contributed by atoms with Crippen LogP contribution in [-0.2, 0) is 0 Å². The van der Waals surface area contributed by atoms with E-state index < -0.39 is 0 Å². The van der Waals surface area contributed by atoms with E-state index in [2.05, 4.69) is 57.5 Å². The number of likely N-dealkylation sites (N-methyl/N-ethyl adjacent to an activating group) is 1. The van der Waals surface area contributed by atoms with E-state index in [1.165, 1.54) is 5.69 Å². The van der Waals surface area contributed by atoms with Crippen LogP contribution in [0.3, 0.4) is 0 Å². The van der Waals surface area contributed by atoms with Crippen molar-refractivity contribution < 1.29 is 0 Å². The van der Waals surface area contributed by atoms with Gasteiger partial charge in [-0.3, -0.25) is 0 Å². The van der Waals surface area contributed by atoms with Crippen LogP contribution in [0.5, 0.6) is 0 Å². The van der Waals surface area contributed by atoms with E-state index in [0.717, 1.165) is 50.4 Å². The molecule has 1 aromatic carbocycles. The minimum atomic E-state index is 0.442. The summed E-state index contributed by atoms with van der Waals surface area (Å²) in [6, 6.07) is 10.6. The summed E-state index contributed by atoms with van der Waals surface area (Å²) in [5.41, 5.74) is 3.67. The van der Waals surface area contributed by atoms with Crippen molar-refractivity contribution in [2.24, 2.45) is 0 Å². The van der Waals surface area contributed by atoms with Crippen LogP contribution in [0, 0.1) is 11.3 Å². The van der Waals surface area contributed by atoms with Crippen LogP contribution in [0.2, 0.25) is 0 Å². The SMILES string of the molecule is CN1CCN(c2ccc(-n3nnc(C#N)c3C3CC3)cc2)CC1. The van der Waals surface area contributed by atoms with Gasteiger partial charge in [-0.1, -0.05) is 5.21 Å². The molecular weight excluding hydrogens is 288 g/mol. The van der Waals surface area contributed by atoms with E-state index in [1.807, 2.05) is 4.68 Å². The Morgan fingerprint density at radius 1 is 1.04 bits per heavy atom. The molecule has 2 aromatic rings. The van der Waals surface area contributed by atoms with E-state index in [4.69, 9.17) is 0 Å². The summed E-state index contributed by atoms with van der Waals surface area (Å²) in [5.74, 6) is 0.442. The van der Waals surface area contributed by atoms with Crippen LogP contribution in [-0.4, -0.2) is 53.1 Å². The first kappa shape index (κ1) is 14.2. The van der Waals surface area contributed by atoms with E-state index in [0.29, 0.717) is 11.6 Å². The first-order chi connectivity index (χ1) is 11.3. The maximum absolute atomic E-state index is 9.21. The second-order valence-electron chi connectivity index (χ2n) is 6.43. The number of anilines is 1. The molecule has 1 aliphatic carbocycles. The lowest BCUT2D eigenvalue weighted by Crippen LogP contribution is -2.44. The Labute approximate surface area is 135 Å². The van der Waals surface area contributed by atoms with Gasteiger partial charge in [-0.05, 0) is 44.2 Å². The lowest BCUT2D eigenvalue weighted by molar-refractivity contribution is 0.313. The second kappa shape index (κ2) is 5.67. The molecule has 6 heteroatoms. The van der Waals surface area contributed by atoms with Gasteiger partial charge in [-0.25, -0.2) is 4.68 Å². The molecule has 0 atom stereocenters. The van der Waals surface area contributed by atoms with Crippen LogP contribution in [0.25, 0.3) is 5.69 Å². The molecule has 1 saturated heterocycles. The lowest BCUT2D eigenvalue weighted by Gasteiger charge is -2.34. The monoisotopic (exact) mass is 308 g/mol. The van der Waals surface area contributed by atoms with Gasteiger partial charge in [0.05, 0.1) is 11.4 Å². The quantitative estimate of drug-likeness (QED) is 0.865. The molecule has 4 rings (SSSR count). The fourth-order valence-corrected chi connectivity index (χ4v) is 3.15. The van der Waals surface area contributed by atoms with Gasteiger partial charge >= 0.3 is 0 Å². The van der Waals surface area contributed by atoms with E-state index >= 15 is 0 Å². The Kier molecular flexibility index (Phi) is 3.50. The molecule has 2 heterocycles. The minimum absolute atomic E-state index is 0.442. The normalized spacial score (nSPS) is 18.9. The number of nitriles is 1. The molecule has 0 radical (unpaired) electrons. The van der Waals surface area contributed by atoms with Crippen molar-refractivity contribution in [3.63, 3.8) is 0 Å². The number of hydrogen-bond donors (Lipinski definition) is 0. The number of rotatable bonds is 3. The Morgan fingerprint density at radius 2 is 1.70 bits per heavy atom. The van der Waals surface area contributed by atoms with Crippen molar-refractivity contribution in [3.05, 3.63) is 35.7 Å². The van der Waals surface area contributed by atoms with Crippen molar-refractivity contribution in [3.8, 4) is 11.8 Å². The molecule has 0 unspecified atom stereocenters. The lowest BCUT2D eigenvalue weighted by atomic mass is 10.2. The molecule has 1 aliphatic heterocycles. The summed E-state index contributed by atoms with van der Waals surface area (Å²) >= 11 is 0. The highest BCUT2D eigenvalue weighted by atomic mass is 15.4. The Hall–Kier alpha value is -2.39. The van der Waals surface area contributed by atoms with Crippen LogP contribution in [0.1, 0.15) is 30.1 Å². The zero-order valence-electron chi connectivity index (χ0n) is 13.3. The summed E-state index contributed by atoms with van der Waals surface area (Å²) in [6.07, 6.45) is 2.25. The molecule has 6 nitrogen and oxygen atoms in total. The van der Waals surface area contributed by atoms with E-state index in [1.54, 1.807) is 0 Å². The van der Waals surface area contributed by atoms with Gasteiger partial charge in [0.25, 0.3) is 0 Å². The average Bonchev–Trinajstić information content (AvgIpc) is 3.34. The van der Waals surface area contributed by atoms with Crippen molar-refractivity contribution in [2.75, 3.05) is 38.1 Å². The first-order valence-electron chi connectivity index (χ1n) is 8.16. The predicted molar refractivity (Wildman–Crippen MR) is 87.8 cm³/mol. The third-order valence-corrected chi connectivity index (χ3v) is 4.74. The number of benzene rings is 1. The highest BCUT2D eigenvalue weighted by molar-refractivity contribution is 5.52. The van der Waals surface area contributed by atoms with Gasteiger partial charge in [-0.2, -0.15) is 5.26 Å². The number of hydrogen-bond acceptors (Lipinski definition) is 5. The summed E-state index contributed by atoms with van der Waals surface area (Å²) in [7, 11) is 2.16. The fraction of sp³-hybridized carbons (Fsp3) is 0.471. The number of piperazine rings is 1. The van der Waals surface area contributed by atoms with Crippen molar-refractivity contribution in [1.29, 1.82) is 5.26 Å². The van der Waals surface area contributed by atoms with Crippen molar-refractivity contribution in [2.45, 2.75) is 18.8 Å². The zero-order valence-corrected chi connectivity index (χ0v) is 13.3. The Bertz CT molecular complexity index is 729. The van der Waals surface area contributed by atoms with Crippen LogP contribution in [0.4, 0.5) is 5.69 Å². The van der Waals surface area contributed by atoms with E-state index in [-0.39, 0.29) is 0 Å². The second-order valence-corrected chi connectivity index (χ2v) is 6.43. The molecule has 1 aromatic heterocycles. The maximum atomic E-state index is 9.21. The average molecular weight is 308 g/mol. The molecule has 2 aliphatic rings. The van der Waals surface area contributed by atoms with Gasteiger partial charge in [0.15, 0.2) is 5.69 Å². The van der Waals surface area contributed by atoms with Crippen molar-refractivity contribution in [1.82, 2.24) is 19.9 Å². The molecular formula is C17H20N6. The van der Waals surface area contributed by atoms with Gasteiger partial charge in [0.2, 0.25) is 0 Å². The van der Waals surface area contributed by atoms with Gasteiger partial charge in [0, 0.05) is 37.8 Å². The maximum Gasteiger partial charge on any atom is 0.186 e. The smallest absolute Gasteiger partial charge is 0.186 e. The molecule has 0 bridgehead atoms. The first-order valence-corrected chi connectivity index (χ1v) is 8.16. The highest BCUT2D eigenvalue weighted by Gasteiger charge is 2.32. The summed E-state index contributed by atoms with van der Waals surface area (Å²) in [5, 5.41) is 17.4. The Morgan fingerprint density at radius 3 is 2.30 bits per heavy atom. The van der Waals surface area contributed by atoms with E-state index in [9.17, 15) is 5.26 Å². The molecule has 0 spiro atoms. The zero-order chi connectivity index (χ0) is 15.8. The summed E-state index contributed by atoms with van der Waals surface area (Å²) in [4.78, 5) is 4.76. The highest BCUT2D eigenvalue weighted by Crippen LogP contribution is 2.41. The molecule has 118 valence electrons. The van der Waals surface area contributed by atoms with Gasteiger partial charge in [-0.15, -0.1) is 5.10 Å². The summed E-state index contributed by atoms with van der Waals surface area (Å²) < 4.78 is 1.84. The summed E-state index contributed by atoms with van der Waals surface area (Å²) in [6.45, 7) is 4.32. The fourth-order valence-electron chi connectivity index (χ4n) is 3.15. The largest absolute Gasteiger partial charge is 0.369 e. The van der Waals surface area contributed by atoms with Crippen molar-refractivity contribution >= 4 is 5.69 Å². The molecule has 23 heavy (non-hydrogen) atoms. The molecule has 0 N–H and O–H groups in total. The van der Waals surface area contributed by atoms with Crippen LogP contribution < -0.4 is 4.90 Å². The van der Waals surface area contributed by atoms with Crippen LogP contribution >= 0.6 is 0 Å². The van der Waals surface area contributed by atoms with Gasteiger partial charge < -0.3 is 9.80 Å². The molecule has 0 amide bonds. The molecule has 2 fully saturated rings. The van der Waals surface area contributed by atoms with Gasteiger partial charge in [0.1, 0.15) is 6.07 Å². The standard InChI is InChI=1S/C17H20N6/c1-21-8-10-22(11-9-21)14-4-6-15(7-5-14)23-17(13-2-3-13)16(12-18)19-20-23/h4-7,13H,2-3,8-11H2,1H3. The topological polar surface area (TPSA) is 61.0 Å². The van der Waals surface area contributed by atoms with Crippen LogP contribution in [0.15, 0.2) is 24.3 Å². The molecule has 1 saturated carbocycles. The third-order valence-electron chi connectivity index (χ3n) is 4.74. The minimum Gasteiger partial charge on any atom is -0.369 e. The number of aromatic nitrogens is 3. The predicted octanol–water partition coefficient (Wildman–Crippen LogP) is 1.77.